The number of nitrogens with two attached hydrogens (primary N) is 1. The molecule has 94 valence electrons. The molecule has 0 radical (unpaired) electrons. The molecule has 1 rings (SSSR count). The maximum atomic E-state index is 12.7. The molecule has 0 aliphatic carbocycles. The summed E-state index contributed by atoms with van der Waals surface area (Å²) in [4.78, 5) is 15.2. The number of carbonyl (C=O) groups excluding carboxylic acids is 1. The van der Waals surface area contributed by atoms with Crippen LogP contribution in [-0.4, -0.2) is 29.9 Å². The highest BCUT2D eigenvalue weighted by Crippen LogP contribution is 2.08. The Balaban J connectivity index is 2.27. The molecule has 0 saturated carbocycles. The highest BCUT2D eigenvalue weighted by Gasteiger charge is 2.26. The maximum absolute atomic E-state index is 12.7. The fraction of sp³-hybridized carbons (Fsp3) is 0.455. The van der Waals surface area contributed by atoms with Crippen LogP contribution in [0.3, 0.4) is 0 Å². The number of aryl methyl sites for hydroxylation is 1. The second-order valence-electron chi connectivity index (χ2n) is 3.70. The molecule has 0 atom stereocenters. The molecule has 0 bridgehead atoms. The molecule has 0 fully saturated rings. The van der Waals surface area contributed by atoms with Gasteiger partial charge < -0.3 is 11.1 Å². The first-order valence-corrected chi connectivity index (χ1v) is 5.27. The Kier molecular flexibility index (Phi) is 4.96. The third-order valence-corrected chi connectivity index (χ3v) is 2.21. The van der Waals surface area contributed by atoms with Crippen LogP contribution >= 0.6 is 0 Å². The van der Waals surface area contributed by atoms with Crippen molar-refractivity contribution in [3.63, 3.8) is 0 Å². The molecule has 0 spiro atoms. The van der Waals surface area contributed by atoms with Crippen molar-refractivity contribution in [3.8, 4) is 0 Å². The Labute approximate surface area is 98.2 Å². The van der Waals surface area contributed by atoms with Gasteiger partial charge in [0.1, 0.15) is 0 Å². The molecular formula is C11H15F2N3O. The van der Waals surface area contributed by atoms with Gasteiger partial charge in [-0.25, -0.2) is 8.78 Å². The number of hydrogen-bond donors (Lipinski definition) is 2. The number of nitrogens with one attached hydrogen (secondary N) is 1. The molecule has 1 aromatic heterocycles. The summed E-state index contributed by atoms with van der Waals surface area (Å²) in [5.41, 5.74) is 5.74. The van der Waals surface area contributed by atoms with Gasteiger partial charge >= 0.3 is 0 Å². The molecule has 0 unspecified atom stereocenters. The molecule has 0 aromatic carbocycles. The largest absolute Gasteiger partial charge is 0.350 e. The Bertz CT molecular complexity index is 357. The number of amides is 1. The molecule has 0 aliphatic rings. The fourth-order valence-corrected chi connectivity index (χ4v) is 1.19. The lowest BCUT2D eigenvalue weighted by atomic mass is 10.1. The van der Waals surface area contributed by atoms with E-state index < -0.39 is 24.9 Å². The van der Waals surface area contributed by atoms with Crippen molar-refractivity contribution in [2.24, 2.45) is 5.73 Å². The van der Waals surface area contributed by atoms with Gasteiger partial charge in [-0.05, 0) is 18.1 Å². The van der Waals surface area contributed by atoms with E-state index in [4.69, 9.17) is 5.73 Å². The first-order valence-electron chi connectivity index (χ1n) is 5.27. The Morgan fingerprint density at radius 1 is 1.53 bits per heavy atom. The van der Waals surface area contributed by atoms with E-state index in [1.165, 1.54) is 0 Å². The van der Waals surface area contributed by atoms with E-state index in [1.807, 2.05) is 6.07 Å². The first-order chi connectivity index (χ1) is 8.03. The number of halogens is 2. The second-order valence-corrected chi connectivity index (χ2v) is 3.70. The maximum Gasteiger partial charge on any atom is 0.277 e. The van der Waals surface area contributed by atoms with E-state index in [0.717, 1.165) is 5.56 Å². The van der Waals surface area contributed by atoms with Gasteiger partial charge in [-0.3, -0.25) is 9.78 Å². The molecule has 17 heavy (non-hydrogen) atoms. The van der Waals surface area contributed by atoms with E-state index in [-0.39, 0.29) is 6.42 Å². The van der Waals surface area contributed by atoms with Gasteiger partial charge in [0.25, 0.3) is 5.92 Å². The average molecular weight is 243 g/mol. The first kappa shape index (κ1) is 13.5. The normalized spacial score (nSPS) is 11.2. The summed E-state index contributed by atoms with van der Waals surface area (Å²) in [7, 11) is 0. The Morgan fingerprint density at radius 3 is 2.88 bits per heavy atom. The van der Waals surface area contributed by atoms with Crippen molar-refractivity contribution in [2.45, 2.75) is 18.8 Å². The summed E-state index contributed by atoms with van der Waals surface area (Å²) < 4.78 is 25.5. The van der Waals surface area contributed by atoms with E-state index in [2.05, 4.69) is 10.3 Å². The van der Waals surface area contributed by atoms with Crippen LogP contribution in [0.5, 0.6) is 0 Å². The number of nitrogens with zero attached hydrogens (tertiary/aromatic N) is 1. The lowest BCUT2D eigenvalue weighted by Gasteiger charge is -2.14. The van der Waals surface area contributed by atoms with Crippen LogP contribution in [0, 0.1) is 0 Å². The predicted octanol–water partition coefficient (Wildman–Crippen LogP) is 0.724. The molecule has 3 N–H and O–H groups in total. The number of pyridine rings is 1. The Hall–Kier alpha value is -1.56. The van der Waals surface area contributed by atoms with Gasteiger partial charge in [-0.1, -0.05) is 6.07 Å². The summed E-state index contributed by atoms with van der Waals surface area (Å²) in [6.07, 6.45) is 3.91. The third-order valence-electron chi connectivity index (χ3n) is 2.21. The van der Waals surface area contributed by atoms with Crippen LogP contribution in [0.4, 0.5) is 8.78 Å². The topological polar surface area (TPSA) is 68.0 Å². The SMILES string of the molecule is NCC(F)(F)CNC(=O)CCc1cccnc1. The summed E-state index contributed by atoms with van der Waals surface area (Å²) >= 11 is 0. The highest BCUT2D eigenvalue weighted by molar-refractivity contribution is 5.76. The summed E-state index contributed by atoms with van der Waals surface area (Å²) in [6.45, 7) is -1.48. The summed E-state index contributed by atoms with van der Waals surface area (Å²) in [5, 5.41) is 2.15. The molecule has 1 heterocycles. The molecule has 0 saturated heterocycles. The highest BCUT2D eigenvalue weighted by atomic mass is 19.3. The van der Waals surface area contributed by atoms with Gasteiger partial charge in [-0.2, -0.15) is 0 Å². The number of alkyl halides is 2. The smallest absolute Gasteiger partial charge is 0.277 e. The summed E-state index contributed by atoms with van der Waals surface area (Å²) in [5.74, 6) is -3.45. The third kappa shape index (κ3) is 5.35. The van der Waals surface area contributed by atoms with E-state index >= 15 is 0 Å². The van der Waals surface area contributed by atoms with E-state index in [9.17, 15) is 13.6 Å². The zero-order valence-electron chi connectivity index (χ0n) is 9.33. The van der Waals surface area contributed by atoms with Gasteiger partial charge in [0.15, 0.2) is 0 Å². The summed E-state index contributed by atoms with van der Waals surface area (Å²) in [6, 6.07) is 3.59. The van der Waals surface area contributed by atoms with Crippen molar-refractivity contribution in [2.75, 3.05) is 13.1 Å². The quantitative estimate of drug-likeness (QED) is 0.773. The lowest BCUT2D eigenvalue weighted by molar-refractivity contribution is -0.122. The standard InChI is InChI=1S/C11H15F2N3O/c12-11(13,7-14)8-16-10(17)4-3-9-2-1-5-15-6-9/h1-2,5-6H,3-4,7-8,14H2,(H,16,17). The van der Waals surface area contributed by atoms with Crippen molar-refractivity contribution in [1.29, 1.82) is 0 Å². The molecule has 6 heteroatoms. The molecular weight excluding hydrogens is 228 g/mol. The van der Waals surface area contributed by atoms with Crippen molar-refractivity contribution >= 4 is 5.91 Å². The van der Waals surface area contributed by atoms with Crippen molar-refractivity contribution < 1.29 is 13.6 Å². The zero-order valence-corrected chi connectivity index (χ0v) is 9.33. The van der Waals surface area contributed by atoms with Crippen LogP contribution in [0.1, 0.15) is 12.0 Å². The van der Waals surface area contributed by atoms with Crippen LogP contribution in [0.25, 0.3) is 0 Å². The number of rotatable bonds is 6. The van der Waals surface area contributed by atoms with Crippen LogP contribution < -0.4 is 11.1 Å². The molecule has 0 aliphatic heterocycles. The minimum Gasteiger partial charge on any atom is -0.350 e. The zero-order chi connectivity index (χ0) is 12.7. The van der Waals surface area contributed by atoms with Gasteiger partial charge in [0.05, 0.1) is 13.1 Å². The van der Waals surface area contributed by atoms with Gasteiger partial charge in [0, 0.05) is 18.8 Å². The second kappa shape index (κ2) is 6.24. The van der Waals surface area contributed by atoms with Gasteiger partial charge in [0.2, 0.25) is 5.91 Å². The Morgan fingerprint density at radius 2 is 2.29 bits per heavy atom. The molecule has 4 nitrogen and oxygen atoms in total. The van der Waals surface area contributed by atoms with Crippen LogP contribution in [0.2, 0.25) is 0 Å². The van der Waals surface area contributed by atoms with Gasteiger partial charge in [-0.15, -0.1) is 0 Å². The average Bonchev–Trinajstić information content (AvgIpc) is 2.35. The van der Waals surface area contributed by atoms with Crippen LogP contribution in [-0.2, 0) is 11.2 Å². The van der Waals surface area contributed by atoms with Crippen LogP contribution in [0.15, 0.2) is 24.5 Å². The van der Waals surface area contributed by atoms with E-state index in [1.54, 1.807) is 18.5 Å². The molecule has 1 aromatic rings. The predicted molar refractivity (Wildman–Crippen MR) is 59.6 cm³/mol. The number of carbonyl (C=O) groups is 1. The van der Waals surface area contributed by atoms with Crippen molar-refractivity contribution in [1.82, 2.24) is 10.3 Å². The molecule has 1 amide bonds. The number of hydrogen-bond acceptors (Lipinski definition) is 3. The fourth-order valence-electron chi connectivity index (χ4n) is 1.19. The lowest BCUT2D eigenvalue weighted by Crippen LogP contribution is -2.41. The number of aromatic nitrogens is 1. The van der Waals surface area contributed by atoms with E-state index in [0.29, 0.717) is 6.42 Å². The monoisotopic (exact) mass is 243 g/mol. The minimum absolute atomic E-state index is 0.159. The van der Waals surface area contributed by atoms with Crippen molar-refractivity contribution in [3.05, 3.63) is 30.1 Å². The minimum atomic E-state index is -3.04.